The number of hydrogen-bond donors (Lipinski definition) is 1. The van der Waals surface area contributed by atoms with Crippen LogP contribution in [0.2, 0.25) is 0 Å². The molecule has 2 aromatic heterocycles. The highest BCUT2D eigenvalue weighted by atomic mass is 16.5. The molecule has 0 radical (unpaired) electrons. The quantitative estimate of drug-likeness (QED) is 0.461. The minimum atomic E-state index is 0.182. The molecule has 156 valence electrons. The number of nitrogens with zero attached hydrogens (tertiary/aromatic N) is 5. The molecular formula is C24H18N6O2. The van der Waals surface area contributed by atoms with Crippen LogP contribution < -0.4 is 15.2 Å². The number of unbranched alkanes of at least 4 members (excludes halogenated alkanes) is 1. The normalized spacial score (nSPS) is 10.4. The van der Waals surface area contributed by atoms with Crippen molar-refractivity contribution in [1.29, 1.82) is 15.8 Å². The van der Waals surface area contributed by atoms with Gasteiger partial charge in [0.25, 0.3) is 0 Å². The lowest BCUT2D eigenvalue weighted by Crippen LogP contribution is -2.06. The molecule has 0 spiro atoms. The van der Waals surface area contributed by atoms with Crippen molar-refractivity contribution >= 4 is 22.5 Å². The number of aromatic nitrogens is 2. The number of para-hydroxylation sites is 2. The maximum absolute atomic E-state index is 10.0. The van der Waals surface area contributed by atoms with Crippen molar-refractivity contribution in [2.45, 2.75) is 12.8 Å². The smallest absolute Gasteiger partial charge is 0.161 e. The number of anilines is 1. The van der Waals surface area contributed by atoms with Crippen LogP contribution >= 0.6 is 0 Å². The molecular weight excluding hydrogens is 404 g/mol. The largest absolute Gasteiger partial charge is 0.493 e. The number of ether oxygens (including phenoxy) is 2. The second-order valence-corrected chi connectivity index (χ2v) is 6.97. The van der Waals surface area contributed by atoms with Crippen LogP contribution in [-0.2, 0) is 0 Å². The van der Waals surface area contributed by atoms with E-state index in [-0.39, 0.29) is 16.9 Å². The summed E-state index contributed by atoms with van der Waals surface area (Å²) in [4.78, 5) is 4.60. The monoisotopic (exact) mass is 422 g/mol. The molecule has 8 nitrogen and oxygen atoms in total. The van der Waals surface area contributed by atoms with Gasteiger partial charge in [0.1, 0.15) is 29.1 Å². The second-order valence-electron chi connectivity index (χ2n) is 6.97. The first-order chi connectivity index (χ1) is 15.6. The molecule has 0 unspecified atom stereocenters. The Kier molecular flexibility index (Phi) is 5.49. The fraction of sp³-hybridized carbons (Fsp3) is 0.167. The van der Waals surface area contributed by atoms with Gasteiger partial charge in [-0.1, -0.05) is 18.2 Å². The van der Waals surface area contributed by atoms with E-state index in [4.69, 9.17) is 20.5 Å². The van der Waals surface area contributed by atoms with Gasteiger partial charge in [-0.05, 0) is 36.2 Å². The van der Waals surface area contributed by atoms with Gasteiger partial charge in [-0.15, -0.1) is 0 Å². The second kappa shape index (κ2) is 8.55. The zero-order valence-corrected chi connectivity index (χ0v) is 17.3. The number of benzene rings is 2. The minimum Gasteiger partial charge on any atom is -0.493 e. The highest BCUT2D eigenvalue weighted by Gasteiger charge is 2.23. The van der Waals surface area contributed by atoms with Gasteiger partial charge in [0, 0.05) is 12.0 Å². The minimum absolute atomic E-state index is 0.182. The zero-order chi connectivity index (χ0) is 22.7. The lowest BCUT2D eigenvalue weighted by atomic mass is 9.96. The van der Waals surface area contributed by atoms with E-state index in [9.17, 15) is 10.5 Å². The van der Waals surface area contributed by atoms with Gasteiger partial charge >= 0.3 is 0 Å². The van der Waals surface area contributed by atoms with Crippen LogP contribution in [0.25, 0.3) is 27.8 Å². The highest BCUT2D eigenvalue weighted by Crippen LogP contribution is 2.39. The van der Waals surface area contributed by atoms with E-state index in [2.05, 4.69) is 23.2 Å². The van der Waals surface area contributed by atoms with Crippen LogP contribution in [0.3, 0.4) is 0 Å². The molecule has 4 aromatic rings. The molecule has 0 aliphatic rings. The predicted molar refractivity (Wildman–Crippen MR) is 119 cm³/mol. The fourth-order valence-corrected chi connectivity index (χ4v) is 3.70. The Balaban J connectivity index is 1.93. The van der Waals surface area contributed by atoms with E-state index in [0.717, 1.165) is 5.52 Å². The topological polar surface area (TPSA) is 133 Å². The standard InChI is InChI=1S/C24H18N6O2/c1-31-21-12-15(8-9-20(21)32-11-5-4-10-25)22-16(13-26)23(28)30-19-7-3-2-6-18(19)29-24(30)17(22)14-27/h2-3,6-9,12H,4-5,11,28H2,1H3. The van der Waals surface area contributed by atoms with Crippen molar-refractivity contribution in [2.24, 2.45) is 0 Å². The van der Waals surface area contributed by atoms with Gasteiger partial charge in [0.2, 0.25) is 0 Å². The fourth-order valence-electron chi connectivity index (χ4n) is 3.70. The molecule has 0 saturated carbocycles. The maximum Gasteiger partial charge on any atom is 0.161 e. The third-order valence-corrected chi connectivity index (χ3v) is 5.15. The summed E-state index contributed by atoms with van der Waals surface area (Å²) in [5.74, 6) is 1.16. The van der Waals surface area contributed by atoms with Gasteiger partial charge in [-0.2, -0.15) is 15.8 Å². The Bertz CT molecular complexity index is 1470. The van der Waals surface area contributed by atoms with Crippen LogP contribution in [0.15, 0.2) is 42.5 Å². The summed E-state index contributed by atoms with van der Waals surface area (Å²) in [5, 5.41) is 28.6. The molecule has 2 N–H and O–H groups in total. The van der Waals surface area contributed by atoms with Gasteiger partial charge < -0.3 is 15.2 Å². The number of methoxy groups -OCH3 is 1. The number of pyridine rings is 1. The lowest BCUT2D eigenvalue weighted by molar-refractivity contribution is 0.291. The van der Waals surface area contributed by atoms with Gasteiger partial charge in [0.15, 0.2) is 17.1 Å². The van der Waals surface area contributed by atoms with E-state index >= 15 is 0 Å². The summed E-state index contributed by atoms with van der Waals surface area (Å²) in [6.07, 6.45) is 0.995. The predicted octanol–water partition coefficient (Wildman–Crippen LogP) is 4.17. The molecule has 2 aromatic carbocycles. The third-order valence-electron chi connectivity index (χ3n) is 5.15. The first-order valence-electron chi connectivity index (χ1n) is 9.85. The summed E-state index contributed by atoms with van der Waals surface area (Å²) in [6.45, 7) is 0.371. The Hall–Kier alpha value is -4.74. The van der Waals surface area contributed by atoms with Crippen molar-refractivity contribution in [3.05, 3.63) is 53.6 Å². The van der Waals surface area contributed by atoms with E-state index < -0.39 is 0 Å². The molecule has 0 saturated heterocycles. The van der Waals surface area contributed by atoms with E-state index in [1.54, 1.807) is 22.6 Å². The number of nitrogen functional groups attached to an aromatic ring is 1. The molecule has 0 atom stereocenters. The summed E-state index contributed by atoms with van der Waals surface area (Å²) < 4.78 is 12.8. The first kappa shape index (κ1) is 20.5. The van der Waals surface area contributed by atoms with Crippen molar-refractivity contribution < 1.29 is 9.47 Å². The molecule has 0 fully saturated rings. The molecule has 8 heteroatoms. The van der Waals surface area contributed by atoms with E-state index in [0.29, 0.717) is 53.2 Å². The number of nitrogens with two attached hydrogens (primary N) is 1. The van der Waals surface area contributed by atoms with Crippen LogP contribution in [0.4, 0.5) is 5.82 Å². The number of rotatable bonds is 6. The Morgan fingerprint density at radius 1 is 1.03 bits per heavy atom. The van der Waals surface area contributed by atoms with Crippen molar-refractivity contribution in [2.75, 3.05) is 19.5 Å². The summed E-state index contributed by atoms with van der Waals surface area (Å²) >= 11 is 0. The summed E-state index contributed by atoms with van der Waals surface area (Å²) in [5.41, 5.74) is 9.59. The Morgan fingerprint density at radius 3 is 2.53 bits per heavy atom. The van der Waals surface area contributed by atoms with Crippen molar-refractivity contribution in [3.8, 4) is 40.8 Å². The molecule has 0 amide bonds. The summed E-state index contributed by atoms with van der Waals surface area (Å²) in [6, 6.07) is 19.0. The van der Waals surface area contributed by atoms with Crippen molar-refractivity contribution in [1.82, 2.24) is 9.38 Å². The van der Waals surface area contributed by atoms with Crippen LogP contribution in [-0.4, -0.2) is 23.1 Å². The highest BCUT2D eigenvalue weighted by molar-refractivity contribution is 5.93. The van der Waals surface area contributed by atoms with Crippen LogP contribution in [0.5, 0.6) is 11.5 Å². The van der Waals surface area contributed by atoms with E-state index in [1.165, 1.54) is 7.11 Å². The molecule has 0 bridgehead atoms. The average Bonchev–Trinajstić information content (AvgIpc) is 3.21. The number of fused-ring (bicyclic) bond motifs is 3. The van der Waals surface area contributed by atoms with E-state index in [1.807, 2.05) is 24.3 Å². The van der Waals surface area contributed by atoms with Gasteiger partial charge in [0.05, 0.1) is 30.8 Å². The maximum atomic E-state index is 10.0. The molecule has 4 rings (SSSR count). The SMILES string of the molecule is COc1cc(-c2c(C#N)c(N)n3c(nc4ccccc43)c2C#N)ccc1OCCCC#N. The Morgan fingerprint density at radius 2 is 1.81 bits per heavy atom. The average molecular weight is 422 g/mol. The van der Waals surface area contributed by atoms with Gasteiger partial charge in [-0.3, -0.25) is 4.40 Å². The van der Waals surface area contributed by atoms with Crippen LogP contribution in [0, 0.1) is 34.0 Å². The lowest BCUT2D eigenvalue weighted by Gasteiger charge is -2.15. The Labute approximate surface area is 184 Å². The zero-order valence-electron chi connectivity index (χ0n) is 17.3. The number of hydrogen-bond acceptors (Lipinski definition) is 7. The van der Waals surface area contributed by atoms with Crippen LogP contribution in [0.1, 0.15) is 24.0 Å². The first-order valence-corrected chi connectivity index (χ1v) is 9.85. The number of imidazole rings is 1. The summed E-state index contributed by atoms with van der Waals surface area (Å²) in [7, 11) is 1.51. The molecule has 0 aliphatic carbocycles. The molecule has 0 aliphatic heterocycles. The van der Waals surface area contributed by atoms with Crippen molar-refractivity contribution in [3.63, 3.8) is 0 Å². The molecule has 2 heterocycles. The third kappa shape index (κ3) is 3.29. The van der Waals surface area contributed by atoms with Gasteiger partial charge in [-0.25, -0.2) is 4.98 Å². The molecule has 32 heavy (non-hydrogen) atoms. The number of nitriles is 3.